The van der Waals surface area contributed by atoms with Crippen molar-refractivity contribution in [2.45, 2.75) is 83.3 Å². The highest BCUT2D eigenvalue weighted by molar-refractivity contribution is 5.78. The fourth-order valence-electron chi connectivity index (χ4n) is 4.74. The molecule has 21 heavy (non-hydrogen) atoms. The molecule has 0 radical (unpaired) electrons. The highest BCUT2D eigenvalue weighted by Crippen LogP contribution is 2.35. The van der Waals surface area contributed by atoms with Crippen LogP contribution in [0.5, 0.6) is 0 Å². The second kappa shape index (κ2) is 7.13. The average Bonchev–Trinajstić information content (AvgIpc) is 3.14. The first-order valence-electron chi connectivity index (χ1n) is 9.15. The maximum Gasteiger partial charge on any atom is 0.248 e. The van der Waals surface area contributed by atoms with Crippen molar-refractivity contribution in [3.8, 4) is 0 Å². The van der Waals surface area contributed by atoms with E-state index in [2.05, 4.69) is 11.8 Å². The second-order valence-electron chi connectivity index (χ2n) is 7.55. The van der Waals surface area contributed by atoms with Gasteiger partial charge in [0.2, 0.25) is 5.91 Å². The Balaban J connectivity index is 1.47. The van der Waals surface area contributed by atoms with Crippen molar-refractivity contribution < 1.29 is 9.53 Å². The van der Waals surface area contributed by atoms with Crippen LogP contribution in [0.4, 0.5) is 0 Å². The fraction of sp³-hybridized carbons (Fsp3) is 0.944. The van der Waals surface area contributed by atoms with Crippen LogP contribution < -0.4 is 0 Å². The molecule has 3 atom stereocenters. The van der Waals surface area contributed by atoms with Crippen LogP contribution in [0.15, 0.2) is 0 Å². The summed E-state index contributed by atoms with van der Waals surface area (Å²) in [6, 6.07) is 0.522. The summed E-state index contributed by atoms with van der Waals surface area (Å²) < 4.78 is 5.95. The number of likely N-dealkylation sites (tertiary alicyclic amines) is 1. The van der Waals surface area contributed by atoms with Gasteiger partial charge in [-0.1, -0.05) is 32.6 Å². The van der Waals surface area contributed by atoms with Gasteiger partial charge in [0.05, 0.1) is 6.10 Å². The molecule has 2 saturated carbocycles. The number of carbonyl (C=O) groups is 1. The van der Waals surface area contributed by atoms with Gasteiger partial charge in [0, 0.05) is 12.6 Å². The summed E-state index contributed by atoms with van der Waals surface area (Å²) in [6.07, 6.45) is 13.0. The van der Waals surface area contributed by atoms with Crippen LogP contribution in [0.2, 0.25) is 0 Å². The van der Waals surface area contributed by atoms with Gasteiger partial charge in [0.25, 0.3) is 0 Å². The van der Waals surface area contributed by atoms with Crippen LogP contribution in [-0.2, 0) is 9.53 Å². The normalized spacial score (nSPS) is 34.5. The standard InChI is InChI=1S/C18H31NO2/c1-14-6-4-9-16(12-14)21-13-18(20)19-11-5-10-17(19)15-7-2-3-8-15/h14-17H,2-13H2,1H3. The third-order valence-electron chi connectivity index (χ3n) is 5.89. The highest BCUT2D eigenvalue weighted by atomic mass is 16.5. The van der Waals surface area contributed by atoms with Crippen molar-refractivity contribution in [1.82, 2.24) is 4.90 Å². The Kier molecular flexibility index (Phi) is 5.20. The zero-order chi connectivity index (χ0) is 14.7. The Morgan fingerprint density at radius 1 is 1.05 bits per heavy atom. The molecule has 3 heteroatoms. The molecule has 1 amide bonds. The third-order valence-corrected chi connectivity index (χ3v) is 5.89. The molecule has 2 aliphatic carbocycles. The molecule has 3 nitrogen and oxygen atoms in total. The van der Waals surface area contributed by atoms with E-state index < -0.39 is 0 Å². The lowest BCUT2D eigenvalue weighted by Crippen LogP contribution is -2.42. The Hall–Kier alpha value is -0.570. The van der Waals surface area contributed by atoms with Gasteiger partial charge in [-0.25, -0.2) is 0 Å². The van der Waals surface area contributed by atoms with E-state index in [-0.39, 0.29) is 5.91 Å². The molecule has 0 N–H and O–H groups in total. The smallest absolute Gasteiger partial charge is 0.248 e. The van der Waals surface area contributed by atoms with Gasteiger partial charge in [-0.05, 0) is 50.4 Å². The topological polar surface area (TPSA) is 29.5 Å². The van der Waals surface area contributed by atoms with Crippen molar-refractivity contribution in [2.75, 3.05) is 13.2 Å². The molecule has 0 aromatic heterocycles. The van der Waals surface area contributed by atoms with E-state index in [4.69, 9.17) is 4.74 Å². The number of hydrogen-bond donors (Lipinski definition) is 0. The first kappa shape index (κ1) is 15.3. The molecule has 0 spiro atoms. The summed E-state index contributed by atoms with van der Waals surface area (Å²) in [5, 5.41) is 0. The van der Waals surface area contributed by atoms with Gasteiger partial charge in [-0.3, -0.25) is 4.79 Å². The van der Waals surface area contributed by atoms with Gasteiger partial charge in [-0.2, -0.15) is 0 Å². The lowest BCUT2D eigenvalue weighted by atomic mass is 9.89. The monoisotopic (exact) mass is 293 g/mol. The number of amides is 1. The lowest BCUT2D eigenvalue weighted by Gasteiger charge is -2.31. The maximum absolute atomic E-state index is 12.5. The zero-order valence-corrected chi connectivity index (χ0v) is 13.6. The van der Waals surface area contributed by atoms with Crippen LogP contribution in [0.25, 0.3) is 0 Å². The van der Waals surface area contributed by atoms with Gasteiger partial charge >= 0.3 is 0 Å². The van der Waals surface area contributed by atoms with Crippen molar-refractivity contribution in [3.05, 3.63) is 0 Å². The molecule has 3 unspecified atom stereocenters. The molecular formula is C18H31NO2. The number of ether oxygens (including phenoxy) is 1. The molecule has 3 rings (SSSR count). The Labute approximate surface area is 129 Å². The van der Waals surface area contributed by atoms with Gasteiger partial charge in [0.1, 0.15) is 6.61 Å². The predicted molar refractivity (Wildman–Crippen MR) is 84.1 cm³/mol. The summed E-state index contributed by atoms with van der Waals surface area (Å²) >= 11 is 0. The minimum absolute atomic E-state index is 0.252. The minimum atomic E-state index is 0.252. The van der Waals surface area contributed by atoms with Crippen molar-refractivity contribution in [1.29, 1.82) is 0 Å². The zero-order valence-electron chi connectivity index (χ0n) is 13.6. The van der Waals surface area contributed by atoms with Crippen LogP contribution in [0.3, 0.4) is 0 Å². The van der Waals surface area contributed by atoms with E-state index in [0.717, 1.165) is 31.2 Å². The number of hydrogen-bond acceptors (Lipinski definition) is 2. The summed E-state index contributed by atoms with van der Waals surface area (Å²) in [4.78, 5) is 14.7. The fourth-order valence-corrected chi connectivity index (χ4v) is 4.74. The molecule has 0 aromatic rings. The number of nitrogens with zero attached hydrogens (tertiary/aromatic N) is 1. The molecule has 0 bridgehead atoms. The molecule has 3 fully saturated rings. The average molecular weight is 293 g/mol. The quantitative estimate of drug-likeness (QED) is 0.790. The number of carbonyl (C=O) groups excluding carboxylic acids is 1. The van der Waals surface area contributed by atoms with Crippen molar-refractivity contribution in [2.24, 2.45) is 11.8 Å². The van der Waals surface area contributed by atoms with Gasteiger partial charge in [-0.15, -0.1) is 0 Å². The Bertz CT molecular complexity index is 351. The van der Waals surface area contributed by atoms with E-state index in [1.807, 2.05) is 0 Å². The van der Waals surface area contributed by atoms with E-state index in [1.165, 1.54) is 51.4 Å². The Morgan fingerprint density at radius 3 is 2.62 bits per heavy atom. The predicted octanol–water partition coefficient (Wildman–Crippen LogP) is 3.76. The summed E-state index contributed by atoms with van der Waals surface area (Å²) in [7, 11) is 0. The van der Waals surface area contributed by atoms with Gasteiger partial charge in [0.15, 0.2) is 0 Å². The highest BCUT2D eigenvalue weighted by Gasteiger charge is 2.36. The van der Waals surface area contributed by atoms with E-state index in [9.17, 15) is 4.79 Å². The summed E-state index contributed by atoms with van der Waals surface area (Å²) in [6.45, 7) is 3.58. The second-order valence-corrected chi connectivity index (χ2v) is 7.55. The lowest BCUT2D eigenvalue weighted by molar-refractivity contribution is -0.140. The van der Waals surface area contributed by atoms with Crippen molar-refractivity contribution >= 4 is 5.91 Å². The SMILES string of the molecule is CC1CCCC(OCC(=O)N2CCCC2C2CCCC2)C1. The van der Waals surface area contributed by atoms with Crippen LogP contribution in [0, 0.1) is 11.8 Å². The van der Waals surface area contributed by atoms with Crippen molar-refractivity contribution in [3.63, 3.8) is 0 Å². The van der Waals surface area contributed by atoms with Crippen LogP contribution >= 0.6 is 0 Å². The van der Waals surface area contributed by atoms with E-state index in [0.29, 0.717) is 18.8 Å². The molecule has 1 aliphatic heterocycles. The molecule has 1 saturated heterocycles. The first-order valence-corrected chi connectivity index (χ1v) is 9.15. The molecule has 120 valence electrons. The maximum atomic E-state index is 12.5. The molecule has 1 heterocycles. The number of rotatable bonds is 4. The first-order chi connectivity index (χ1) is 10.2. The molecule has 3 aliphatic rings. The Morgan fingerprint density at radius 2 is 1.86 bits per heavy atom. The van der Waals surface area contributed by atoms with Crippen LogP contribution in [-0.4, -0.2) is 36.1 Å². The minimum Gasteiger partial charge on any atom is -0.368 e. The largest absolute Gasteiger partial charge is 0.368 e. The van der Waals surface area contributed by atoms with Crippen LogP contribution in [0.1, 0.15) is 71.1 Å². The molecule has 0 aromatic carbocycles. The van der Waals surface area contributed by atoms with E-state index >= 15 is 0 Å². The summed E-state index contributed by atoms with van der Waals surface area (Å²) in [5.41, 5.74) is 0. The van der Waals surface area contributed by atoms with Gasteiger partial charge < -0.3 is 9.64 Å². The molecular weight excluding hydrogens is 262 g/mol. The van der Waals surface area contributed by atoms with E-state index in [1.54, 1.807) is 0 Å². The third kappa shape index (κ3) is 3.80. The summed E-state index contributed by atoms with van der Waals surface area (Å²) in [5.74, 6) is 1.78.